The Kier molecular flexibility index (Phi) is 4.21. The zero-order valence-corrected chi connectivity index (χ0v) is 12.3. The summed E-state index contributed by atoms with van der Waals surface area (Å²) >= 11 is 3.35. The van der Waals surface area contributed by atoms with E-state index in [1.54, 1.807) is 25.0 Å². The van der Waals surface area contributed by atoms with Crippen LogP contribution in [0.3, 0.4) is 0 Å². The van der Waals surface area contributed by atoms with E-state index in [1.165, 1.54) is 4.90 Å². The summed E-state index contributed by atoms with van der Waals surface area (Å²) in [6, 6.07) is 9.56. The van der Waals surface area contributed by atoms with Crippen LogP contribution in [-0.4, -0.2) is 22.9 Å². The molecule has 100 valence electrons. The molecule has 0 unspecified atom stereocenters. The van der Waals surface area contributed by atoms with Crippen molar-refractivity contribution in [3.63, 3.8) is 0 Å². The molecule has 0 aliphatic heterocycles. The van der Waals surface area contributed by atoms with E-state index in [0.717, 1.165) is 10.0 Å². The predicted octanol–water partition coefficient (Wildman–Crippen LogP) is 2.96. The average molecular weight is 324 g/mol. The summed E-state index contributed by atoms with van der Waals surface area (Å²) in [6.07, 6.45) is 1.21. The number of ether oxygens (including phenoxy) is 1. The second kappa shape index (κ2) is 5.88. The zero-order chi connectivity index (χ0) is 13.8. The molecule has 2 aromatic rings. The average Bonchev–Trinajstić information content (AvgIpc) is 2.76. The van der Waals surface area contributed by atoms with Crippen LogP contribution >= 0.6 is 15.9 Å². The zero-order valence-electron chi connectivity index (χ0n) is 10.7. The smallest absolute Gasteiger partial charge is 0.415 e. The van der Waals surface area contributed by atoms with Gasteiger partial charge in [-0.3, -0.25) is 9.58 Å². The Morgan fingerprint density at radius 1 is 1.42 bits per heavy atom. The van der Waals surface area contributed by atoms with Crippen LogP contribution in [0.5, 0.6) is 0 Å². The third-order valence-electron chi connectivity index (χ3n) is 2.66. The van der Waals surface area contributed by atoms with Gasteiger partial charge in [0.15, 0.2) is 0 Å². The van der Waals surface area contributed by atoms with Crippen molar-refractivity contribution in [2.45, 2.75) is 6.61 Å². The fraction of sp³-hybridized carbons (Fsp3) is 0.231. The third kappa shape index (κ3) is 3.14. The van der Waals surface area contributed by atoms with Gasteiger partial charge in [0.1, 0.15) is 12.4 Å². The highest BCUT2D eigenvalue weighted by atomic mass is 79.9. The standard InChI is InChI=1S/C13H14BrN3O2/c1-16(12-11(14)8-15-17(12)2)13(18)19-9-10-6-4-3-5-7-10/h3-8H,9H2,1-2H3. The Labute approximate surface area is 119 Å². The van der Waals surface area contributed by atoms with Gasteiger partial charge in [-0.05, 0) is 21.5 Å². The van der Waals surface area contributed by atoms with Gasteiger partial charge in [0.25, 0.3) is 0 Å². The van der Waals surface area contributed by atoms with E-state index in [1.807, 2.05) is 30.3 Å². The number of carbonyl (C=O) groups is 1. The van der Waals surface area contributed by atoms with Crippen molar-refractivity contribution < 1.29 is 9.53 Å². The SMILES string of the molecule is CN(C(=O)OCc1ccccc1)c1c(Br)cnn1C. The first-order chi connectivity index (χ1) is 9.09. The first kappa shape index (κ1) is 13.6. The third-order valence-corrected chi connectivity index (χ3v) is 3.22. The molecule has 1 amide bonds. The second-order valence-electron chi connectivity index (χ2n) is 4.04. The van der Waals surface area contributed by atoms with Gasteiger partial charge < -0.3 is 4.74 Å². The first-order valence-electron chi connectivity index (χ1n) is 5.71. The molecule has 0 saturated carbocycles. The van der Waals surface area contributed by atoms with E-state index in [9.17, 15) is 4.79 Å². The van der Waals surface area contributed by atoms with Gasteiger partial charge in [-0.25, -0.2) is 4.79 Å². The lowest BCUT2D eigenvalue weighted by Gasteiger charge is -2.17. The molecule has 1 aromatic carbocycles. The summed E-state index contributed by atoms with van der Waals surface area (Å²) in [7, 11) is 3.41. The molecule has 0 aliphatic rings. The van der Waals surface area contributed by atoms with Crippen molar-refractivity contribution in [2.75, 3.05) is 11.9 Å². The number of carbonyl (C=O) groups excluding carboxylic acids is 1. The second-order valence-corrected chi connectivity index (χ2v) is 4.89. The van der Waals surface area contributed by atoms with Crippen LogP contribution < -0.4 is 4.90 Å². The van der Waals surface area contributed by atoms with E-state index in [4.69, 9.17) is 4.74 Å². The number of hydrogen-bond donors (Lipinski definition) is 0. The largest absolute Gasteiger partial charge is 0.444 e. The predicted molar refractivity (Wildman–Crippen MR) is 75.9 cm³/mol. The Morgan fingerprint density at radius 2 is 2.11 bits per heavy atom. The number of hydrogen-bond acceptors (Lipinski definition) is 3. The van der Waals surface area contributed by atoms with Crippen LogP contribution in [0.25, 0.3) is 0 Å². The maximum absolute atomic E-state index is 12.0. The van der Waals surface area contributed by atoms with Crippen molar-refractivity contribution in [3.05, 3.63) is 46.6 Å². The van der Waals surface area contributed by atoms with Crippen molar-refractivity contribution in [2.24, 2.45) is 7.05 Å². The maximum atomic E-state index is 12.0. The Hall–Kier alpha value is -1.82. The number of benzene rings is 1. The molecule has 0 bridgehead atoms. The lowest BCUT2D eigenvalue weighted by atomic mass is 10.2. The van der Waals surface area contributed by atoms with E-state index >= 15 is 0 Å². The van der Waals surface area contributed by atoms with Crippen molar-refractivity contribution in [1.29, 1.82) is 0 Å². The summed E-state index contributed by atoms with van der Waals surface area (Å²) in [4.78, 5) is 13.4. The van der Waals surface area contributed by atoms with Crippen LogP contribution in [-0.2, 0) is 18.4 Å². The molecule has 0 radical (unpaired) electrons. The Balaban J connectivity index is 2.01. The van der Waals surface area contributed by atoms with Crippen LogP contribution in [0.1, 0.15) is 5.56 Å². The lowest BCUT2D eigenvalue weighted by Crippen LogP contribution is -2.29. The Bertz CT molecular complexity index is 549. The van der Waals surface area contributed by atoms with E-state index in [0.29, 0.717) is 5.82 Å². The maximum Gasteiger partial charge on any atom is 0.415 e. The molecular formula is C13H14BrN3O2. The van der Waals surface area contributed by atoms with Crippen LogP contribution in [0.15, 0.2) is 41.0 Å². The molecule has 2 rings (SSSR count). The summed E-state index contributed by atoms with van der Waals surface area (Å²) in [5, 5.41) is 4.06. The Morgan fingerprint density at radius 3 is 2.68 bits per heavy atom. The number of anilines is 1. The highest BCUT2D eigenvalue weighted by molar-refractivity contribution is 9.10. The van der Waals surface area contributed by atoms with Gasteiger partial charge in [0, 0.05) is 14.1 Å². The van der Waals surface area contributed by atoms with Crippen molar-refractivity contribution in [3.8, 4) is 0 Å². The lowest BCUT2D eigenvalue weighted by molar-refractivity contribution is 0.148. The number of aryl methyl sites for hydroxylation is 1. The van der Waals surface area contributed by atoms with Crippen molar-refractivity contribution >= 4 is 27.8 Å². The summed E-state index contributed by atoms with van der Waals surface area (Å²) < 4.78 is 7.60. The molecule has 0 atom stereocenters. The van der Waals surface area contributed by atoms with Gasteiger partial charge in [0.2, 0.25) is 0 Å². The highest BCUT2D eigenvalue weighted by Gasteiger charge is 2.18. The topological polar surface area (TPSA) is 47.4 Å². The number of nitrogens with zero attached hydrogens (tertiary/aromatic N) is 3. The molecule has 0 spiro atoms. The van der Waals surface area contributed by atoms with Crippen LogP contribution in [0, 0.1) is 0 Å². The minimum Gasteiger partial charge on any atom is -0.444 e. The van der Waals surface area contributed by atoms with E-state index in [-0.39, 0.29) is 6.61 Å². The van der Waals surface area contributed by atoms with Gasteiger partial charge in [-0.1, -0.05) is 30.3 Å². The van der Waals surface area contributed by atoms with Crippen LogP contribution in [0.2, 0.25) is 0 Å². The van der Waals surface area contributed by atoms with Gasteiger partial charge in [-0.2, -0.15) is 5.10 Å². The minimum atomic E-state index is -0.423. The molecule has 1 heterocycles. The molecule has 0 fully saturated rings. The molecule has 19 heavy (non-hydrogen) atoms. The molecule has 6 heteroatoms. The van der Waals surface area contributed by atoms with Crippen LogP contribution in [0.4, 0.5) is 10.6 Å². The van der Waals surface area contributed by atoms with Gasteiger partial charge in [0.05, 0.1) is 10.7 Å². The molecule has 1 aromatic heterocycles. The minimum absolute atomic E-state index is 0.249. The monoisotopic (exact) mass is 323 g/mol. The van der Waals surface area contributed by atoms with Crippen molar-refractivity contribution in [1.82, 2.24) is 9.78 Å². The number of aromatic nitrogens is 2. The summed E-state index contributed by atoms with van der Waals surface area (Å²) in [6.45, 7) is 0.249. The number of halogens is 1. The number of amides is 1. The first-order valence-corrected chi connectivity index (χ1v) is 6.51. The van der Waals surface area contributed by atoms with E-state index in [2.05, 4.69) is 21.0 Å². The normalized spacial score (nSPS) is 10.3. The summed E-state index contributed by atoms with van der Waals surface area (Å²) in [5.41, 5.74) is 0.952. The molecule has 0 aliphatic carbocycles. The van der Waals surface area contributed by atoms with E-state index < -0.39 is 6.09 Å². The number of rotatable bonds is 3. The fourth-order valence-corrected chi connectivity index (χ4v) is 2.30. The highest BCUT2D eigenvalue weighted by Crippen LogP contribution is 2.24. The fourth-order valence-electron chi connectivity index (χ4n) is 1.68. The molecule has 0 N–H and O–H groups in total. The molecule has 0 saturated heterocycles. The molecular weight excluding hydrogens is 310 g/mol. The van der Waals surface area contributed by atoms with Gasteiger partial charge in [-0.15, -0.1) is 0 Å². The quantitative estimate of drug-likeness (QED) is 0.872. The summed E-state index contributed by atoms with van der Waals surface area (Å²) in [5.74, 6) is 0.651. The van der Waals surface area contributed by atoms with Gasteiger partial charge >= 0.3 is 6.09 Å². The molecule has 5 nitrogen and oxygen atoms in total.